The summed E-state index contributed by atoms with van der Waals surface area (Å²) in [5.74, 6) is 5.67. The number of imide groups is 1. The van der Waals surface area contributed by atoms with E-state index in [-0.39, 0.29) is 17.9 Å². The van der Waals surface area contributed by atoms with Gasteiger partial charge in [-0.25, -0.2) is 9.67 Å². The second kappa shape index (κ2) is 8.09. The molecule has 2 amide bonds. The second-order valence-corrected chi connectivity index (χ2v) is 7.12. The maximum Gasteiger partial charge on any atom is 0.251 e. The molecule has 28 heavy (non-hydrogen) atoms. The lowest BCUT2D eigenvalue weighted by molar-refractivity contribution is -0.135. The zero-order chi connectivity index (χ0) is 19.5. The van der Waals surface area contributed by atoms with E-state index in [0.717, 1.165) is 42.6 Å². The van der Waals surface area contributed by atoms with E-state index in [4.69, 9.17) is 4.74 Å². The van der Waals surface area contributed by atoms with E-state index < -0.39 is 6.04 Å². The Bertz CT molecular complexity index is 965. The number of rotatable bonds is 3. The molecule has 2 aromatic rings. The van der Waals surface area contributed by atoms with Crippen molar-refractivity contribution >= 4 is 22.8 Å². The highest BCUT2D eigenvalue weighted by Crippen LogP contribution is 2.26. The summed E-state index contributed by atoms with van der Waals surface area (Å²) in [4.78, 5) is 28.1. The number of carbonyl (C=O) groups is 2. The molecule has 4 rings (SSSR count). The molecule has 0 bridgehead atoms. The van der Waals surface area contributed by atoms with Crippen molar-refractivity contribution in [1.29, 1.82) is 0 Å². The van der Waals surface area contributed by atoms with Crippen LogP contribution in [0.5, 0.6) is 0 Å². The number of aryl methyl sites for hydroxylation is 1. The Labute approximate surface area is 163 Å². The van der Waals surface area contributed by atoms with Crippen molar-refractivity contribution in [2.45, 2.75) is 44.8 Å². The molecular weight excluding hydrogens is 358 g/mol. The zero-order valence-corrected chi connectivity index (χ0v) is 15.8. The van der Waals surface area contributed by atoms with Crippen molar-refractivity contribution in [3.8, 4) is 11.8 Å². The van der Waals surface area contributed by atoms with Gasteiger partial charge >= 0.3 is 0 Å². The van der Waals surface area contributed by atoms with Gasteiger partial charge in [0.25, 0.3) is 5.91 Å². The van der Waals surface area contributed by atoms with E-state index in [9.17, 15) is 9.59 Å². The summed E-state index contributed by atoms with van der Waals surface area (Å²) in [6, 6.07) is 1.32. The number of aromatic nitrogens is 3. The van der Waals surface area contributed by atoms with Crippen LogP contribution in [0.4, 0.5) is 0 Å². The Hall–Kier alpha value is -2.76. The summed E-state index contributed by atoms with van der Waals surface area (Å²) in [6.45, 7) is 4.24. The summed E-state index contributed by atoms with van der Waals surface area (Å²) in [7, 11) is 0. The van der Waals surface area contributed by atoms with Gasteiger partial charge in [0, 0.05) is 18.2 Å². The zero-order valence-electron chi connectivity index (χ0n) is 15.8. The van der Waals surface area contributed by atoms with Crippen LogP contribution in [0.2, 0.25) is 0 Å². The first-order chi connectivity index (χ1) is 13.6. The highest BCUT2D eigenvalue weighted by molar-refractivity contribution is 6.00. The number of pyridine rings is 1. The number of fused-ring (bicyclic) bond motifs is 1. The van der Waals surface area contributed by atoms with Gasteiger partial charge in [0.05, 0.1) is 17.2 Å². The molecule has 2 fully saturated rings. The lowest BCUT2D eigenvalue weighted by Gasteiger charge is -2.21. The van der Waals surface area contributed by atoms with Crippen LogP contribution >= 0.6 is 0 Å². The minimum absolute atomic E-state index is 0.248. The molecule has 8 nitrogen and oxygen atoms in total. The standard InChI is InChI=1S/C20H23N5O3/c1-13-18-14(3-2-12-28-15-7-9-21-10-8-15)6-11-22-19(18)25(24-13)16-4-5-17(26)23-20(16)27/h6,11,15-16,21H,4-5,7-10,12H2,1H3,(H,23,26,27). The van der Waals surface area contributed by atoms with E-state index in [1.165, 1.54) is 0 Å². The fourth-order valence-corrected chi connectivity index (χ4v) is 3.73. The van der Waals surface area contributed by atoms with Gasteiger partial charge in [0.1, 0.15) is 12.6 Å². The van der Waals surface area contributed by atoms with Gasteiger partial charge in [-0.2, -0.15) is 5.10 Å². The fourth-order valence-electron chi connectivity index (χ4n) is 3.73. The highest BCUT2D eigenvalue weighted by atomic mass is 16.5. The smallest absolute Gasteiger partial charge is 0.251 e. The van der Waals surface area contributed by atoms with Gasteiger partial charge in [-0.3, -0.25) is 14.9 Å². The SMILES string of the molecule is Cc1nn(C2CCC(=O)NC2=O)c2nccc(C#CCOC3CCNCC3)c12. The summed E-state index contributed by atoms with van der Waals surface area (Å²) < 4.78 is 7.45. The summed E-state index contributed by atoms with van der Waals surface area (Å²) >= 11 is 0. The number of hydrogen-bond acceptors (Lipinski definition) is 6. The van der Waals surface area contributed by atoms with Crippen molar-refractivity contribution in [1.82, 2.24) is 25.4 Å². The van der Waals surface area contributed by atoms with Crippen LogP contribution < -0.4 is 10.6 Å². The molecule has 1 unspecified atom stereocenters. The van der Waals surface area contributed by atoms with E-state index in [0.29, 0.717) is 25.1 Å². The molecule has 2 aliphatic rings. The molecule has 8 heteroatoms. The van der Waals surface area contributed by atoms with Crippen LogP contribution in [-0.4, -0.2) is 52.4 Å². The number of nitrogens with one attached hydrogen (secondary N) is 2. The van der Waals surface area contributed by atoms with Crippen LogP contribution in [0.25, 0.3) is 11.0 Å². The minimum atomic E-state index is -0.534. The van der Waals surface area contributed by atoms with Crippen molar-refractivity contribution < 1.29 is 14.3 Å². The lowest BCUT2D eigenvalue weighted by Crippen LogP contribution is -2.42. The van der Waals surface area contributed by atoms with Crippen LogP contribution in [0.1, 0.15) is 43.0 Å². The quantitative estimate of drug-likeness (QED) is 0.604. The maximum atomic E-state index is 12.2. The molecule has 2 saturated heterocycles. The number of carbonyl (C=O) groups excluding carboxylic acids is 2. The van der Waals surface area contributed by atoms with Crippen molar-refractivity contribution in [2.75, 3.05) is 19.7 Å². The number of piperidine rings is 2. The Balaban J connectivity index is 1.56. The summed E-state index contributed by atoms with van der Waals surface area (Å²) in [6.07, 6.45) is 4.68. The first-order valence-corrected chi connectivity index (χ1v) is 9.62. The Morgan fingerprint density at radius 1 is 1.29 bits per heavy atom. The average molecular weight is 381 g/mol. The molecule has 0 radical (unpaired) electrons. The molecule has 2 aromatic heterocycles. The Morgan fingerprint density at radius 3 is 2.89 bits per heavy atom. The molecule has 4 heterocycles. The van der Waals surface area contributed by atoms with Gasteiger partial charge in [-0.05, 0) is 45.3 Å². The third kappa shape index (κ3) is 3.77. The first kappa shape index (κ1) is 18.6. The molecule has 146 valence electrons. The van der Waals surface area contributed by atoms with E-state index in [2.05, 4.69) is 32.6 Å². The van der Waals surface area contributed by atoms with E-state index in [1.54, 1.807) is 10.9 Å². The number of nitrogens with zero attached hydrogens (tertiary/aromatic N) is 3. The molecule has 0 aliphatic carbocycles. The molecule has 0 spiro atoms. The van der Waals surface area contributed by atoms with Crippen molar-refractivity contribution in [2.24, 2.45) is 0 Å². The molecule has 0 saturated carbocycles. The van der Waals surface area contributed by atoms with Gasteiger partial charge < -0.3 is 10.1 Å². The summed E-state index contributed by atoms with van der Waals surface area (Å²) in [5, 5.41) is 11.0. The normalized spacial score (nSPS) is 20.7. The lowest BCUT2D eigenvalue weighted by atomic mass is 10.1. The monoisotopic (exact) mass is 381 g/mol. The van der Waals surface area contributed by atoms with Crippen molar-refractivity contribution in [3.63, 3.8) is 0 Å². The number of ether oxygens (including phenoxy) is 1. The number of hydrogen-bond donors (Lipinski definition) is 2. The predicted molar refractivity (Wildman–Crippen MR) is 102 cm³/mol. The van der Waals surface area contributed by atoms with Crippen LogP contribution in [0, 0.1) is 18.8 Å². The molecule has 0 aromatic carbocycles. The minimum Gasteiger partial charge on any atom is -0.365 e. The third-order valence-electron chi connectivity index (χ3n) is 5.17. The molecular formula is C20H23N5O3. The fraction of sp³-hybridized carbons (Fsp3) is 0.500. The van der Waals surface area contributed by atoms with E-state index in [1.807, 2.05) is 13.0 Å². The Morgan fingerprint density at radius 2 is 2.11 bits per heavy atom. The number of amides is 2. The molecule has 1 atom stereocenters. The van der Waals surface area contributed by atoms with Crippen LogP contribution in [0.3, 0.4) is 0 Å². The van der Waals surface area contributed by atoms with Gasteiger partial charge in [-0.1, -0.05) is 11.8 Å². The maximum absolute atomic E-state index is 12.2. The molecule has 2 N–H and O–H groups in total. The largest absolute Gasteiger partial charge is 0.365 e. The Kier molecular flexibility index (Phi) is 5.37. The van der Waals surface area contributed by atoms with Gasteiger partial charge in [0.15, 0.2) is 5.65 Å². The second-order valence-electron chi connectivity index (χ2n) is 7.12. The van der Waals surface area contributed by atoms with Crippen LogP contribution in [0.15, 0.2) is 12.3 Å². The van der Waals surface area contributed by atoms with Crippen LogP contribution in [-0.2, 0) is 14.3 Å². The van der Waals surface area contributed by atoms with E-state index >= 15 is 0 Å². The third-order valence-corrected chi connectivity index (χ3v) is 5.17. The average Bonchev–Trinajstić information content (AvgIpc) is 3.03. The van der Waals surface area contributed by atoms with Crippen molar-refractivity contribution in [3.05, 3.63) is 23.5 Å². The first-order valence-electron chi connectivity index (χ1n) is 9.62. The topological polar surface area (TPSA) is 98.1 Å². The van der Waals surface area contributed by atoms with Gasteiger partial charge in [-0.15, -0.1) is 0 Å². The predicted octanol–water partition coefficient (Wildman–Crippen LogP) is 0.838. The summed E-state index contributed by atoms with van der Waals surface area (Å²) in [5.41, 5.74) is 2.18. The van der Waals surface area contributed by atoms with Gasteiger partial charge in [0.2, 0.25) is 5.91 Å². The molecule has 2 aliphatic heterocycles. The highest BCUT2D eigenvalue weighted by Gasteiger charge is 2.30.